The summed E-state index contributed by atoms with van der Waals surface area (Å²) < 4.78 is 56.5. The summed E-state index contributed by atoms with van der Waals surface area (Å²) in [6.07, 6.45) is -2.88. The number of benzene rings is 3. The summed E-state index contributed by atoms with van der Waals surface area (Å²) in [5, 5.41) is 0.639. The van der Waals surface area contributed by atoms with Crippen LogP contribution >= 0.6 is 11.8 Å². The van der Waals surface area contributed by atoms with Crippen LogP contribution in [0.5, 0.6) is 5.75 Å². The number of alkyl halides is 3. The van der Waals surface area contributed by atoms with E-state index in [9.17, 15) is 17.6 Å². The normalized spacial score (nSPS) is 11.5. The number of rotatable bonds is 6. The third-order valence-electron chi connectivity index (χ3n) is 4.35. The van der Waals surface area contributed by atoms with Crippen LogP contribution in [-0.2, 0) is 5.75 Å². The lowest BCUT2D eigenvalue weighted by molar-refractivity contribution is -0.274. The Kier molecular flexibility index (Phi) is 5.99. The molecule has 0 aliphatic heterocycles. The molecular formula is C23H16F4N2OS. The number of hydrogen-bond donors (Lipinski definition) is 0. The second kappa shape index (κ2) is 8.85. The molecule has 158 valence electrons. The van der Waals surface area contributed by atoms with Crippen molar-refractivity contribution in [2.45, 2.75) is 17.3 Å². The lowest BCUT2D eigenvalue weighted by atomic mass is 10.2. The molecule has 3 aromatic carbocycles. The molecule has 1 heterocycles. The molecule has 0 bridgehead atoms. The largest absolute Gasteiger partial charge is 0.573 e. The van der Waals surface area contributed by atoms with Gasteiger partial charge >= 0.3 is 6.36 Å². The molecule has 0 aliphatic carbocycles. The monoisotopic (exact) mass is 444 g/mol. The zero-order valence-corrected chi connectivity index (χ0v) is 16.8. The molecular weight excluding hydrogens is 428 g/mol. The van der Waals surface area contributed by atoms with Gasteiger partial charge in [0.25, 0.3) is 0 Å². The van der Waals surface area contributed by atoms with Crippen LogP contribution in [0.3, 0.4) is 0 Å². The molecule has 8 heteroatoms. The molecule has 0 saturated carbocycles. The van der Waals surface area contributed by atoms with E-state index in [0.717, 1.165) is 16.8 Å². The van der Waals surface area contributed by atoms with E-state index in [1.807, 2.05) is 36.5 Å². The van der Waals surface area contributed by atoms with E-state index in [0.29, 0.717) is 16.6 Å². The Morgan fingerprint density at radius 2 is 1.65 bits per heavy atom. The summed E-state index contributed by atoms with van der Waals surface area (Å²) in [6.45, 7) is 0. The highest BCUT2D eigenvalue weighted by atomic mass is 32.2. The smallest absolute Gasteiger partial charge is 0.406 e. The Morgan fingerprint density at radius 3 is 2.32 bits per heavy atom. The van der Waals surface area contributed by atoms with Gasteiger partial charge in [-0.15, -0.1) is 13.2 Å². The van der Waals surface area contributed by atoms with Crippen molar-refractivity contribution in [3.05, 3.63) is 96.4 Å². The predicted octanol–water partition coefficient (Wildman–Crippen LogP) is 6.87. The zero-order valence-electron chi connectivity index (χ0n) is 16.0. The Morgan fingerprint density at radius 1 is 0.903 bits per heavy atom. The van der Waals surface area contributed by atoms with Gasteiger partial charge in [-0.3, -0.25) is 4.57 Å². The molecule has 0 fully saturated rings. The number of thioether (sulfide) groups is 1. The molecule has 0 radical (unpaired) electrons. The van der Waals surface area contributed by atoms with Gasteiger partial charge in [0.15, 0.2) is 5.16 Å². The number of halogens is 4. The van der Waals surface area contributed by atoms with Crippen molar-refractivity contribution in [3.8, 4) is 22.7 Å². The molecule has 0 saturated heterocycles. The second-order valence-electron chi connectivity index (χ2n) is 6.61. The van der Waals surface area contributed by atoms with Crippen LogP contribution in [0.15, 0.2) is 90.2 Å². The molecule has 0 unspecified atom stereocenters. The zero-order chi connectivity index (χ0) is 21.8. The first kappa shape index (κ1) is 21.0. The number of nitrogens with zero attached hydrogens (tertiary/aromatic N) is 2. The van der Waals surface area contributed by atoms with Crippen molar-refractivity contribution in [2.24, 2.45) is 0 Å². The first-order valence-electron chi connectivity index (χ1n) is 9.26. The molecule has 4 aromatic rings. The molecule has 0 amide bonds. The minimum absolute atomic E-state index is 0.270. The molecule has 0 aliphatic rings. The Balaban J connectivity index is 1.59. The van der Waals surface area contributed by atoms with E-state index < -0.39 is 6.36 Å². The number of hydrogen-bond acceptors (Lipinski definition) is 3. The molecule has 3 nitrogen and oxygen atoms in total. The maximum absolute atomic E-state index is 13.8. The highest BCUT2D eigenvalue weighted by molar-refractivity contribution is 7.98. The first-order valence-corrected chi connectivity index (χ1v) is 10.2. The number of imidazole rings is 1. The summed E-state index contributed by atoms with van der Waals surface area (Å²) in [5.41, 5.74) is 3.09. The molecule has 0 atom stereocenters. The maximum Gasteiger partial charge on any atom is 0.573 e. The van der Waals surface area contributed by atoms with E-state index in [2.05, 4.69) is 4.74 Å². The standard InChI is InChI=1S/C23H16F4N2OS/c24-18-7-4-8-19(13-18)29-14-21(17-5-2-1-3-6-17)28-22(29)31-15-16-9-11-20(12-10-16)30-23(25,26)27/h1-14H,15H2. The Bertz CT molecular complexity index is 1160. The predicted molar refractivity (Wildman–Crippen MR) is 112 cm³/mol. The van der Waals surface area contributed by atoms with Gasteiger partial charge in [0.05, 0.1) is 11.4 Å². The van der Waals surface area contributed by atoms with E-state index in [1.54, 1.807) is 28.8 Å². The minimum atomic E-state index is -4.72. The maximum atomic E-state index is 13.8. The van der Waals surface area contributed by atoms with Gasteiger partial charge in [-0.25, -0.2) is 9.37 Å². The average molecular weight is 444 g/mol. The van der Waals surface area contributed by atoms with Crippen LogP contribution in [0, 0.1) is 5.82 Å². The van der Waals surface area contributed by atoms with E-state index >= 15 is 0 Å². The SMILES string of the molecule is Fc1cccc(-n2cc(-c3ccccc3)nc2SCc2ccc(OC(F)(F)F)cc2)c1. The van der Waals surface area contributed by atoms with Crippen LogP contribution in [0.2, 0.25) is 0 Å². The number of ether oxygens (including phenoxy) is 1. The van der Waals surface area contributed by atoms with Gasteiger partial charge in [0, 0.05) is 17.5 Å². The summed E-state index contributed by atoms with van der Waals surface area (Å²) in [4.78, 5) is 4.70. The third-order valence-corrected chi connectivity index (χ3v) is 5.38. The van der Waals surface area contributed by atoms with E-state index in [4.69, 9.17) is 4.98 Å². The van der Waals surface area contributed by atoms with Crippen LogP contribution < -0.4 is 4.74 Å². The second-order valence-corrected chi connectivity index (χ2v) is 7.55. The lowest BCUT2D eigenvalue weighted by Gasteiger charge is -2.10. The first-order chi connectivity index (χ1) is 14.9. The Labute approximate surface area is 180 Å². The van der Waals surface area contributed by atoms with Gasteiger partial charge in [-0.05, 0) is 35.9 Å². The summed E-state index contributed by atoms with van der Waals surface area (Å²) >= 11 is 1.40. The van der Waals surface area contributed by atoms with Gasteiger partial charge in [0.1, 0.15) is 11.6 Å². The van der Waals surface area contributed by atoms with Crippen molar-refractivity contribution in [1.82, 2.24) is 9.55 Å². The van der Waals surface area contributed by atoms with Crippen LogP contribution in [0.4, 0.5) is 17.6 Å². The van der Waals surface area contributed by atoms with Crippen molar-refractivity contribution in [3.63, 3.8) is 0 Å². The fourth-order valence-corrected chi connectivity index (χ4v) is 3.91. The fraction of sp³-hybridized carbons (Fsp3) is 0.0870. The summed E-state index contributed by atoms with van der Waals surface area (Å²) in [5.74, 6) is -0.162. The third kappa shape index (κ3) is 5.46. The highest BCUT2D eigenvalue weighted by Gasteiger charge is 2.30. The van der Waals surface area contributed by atoms with E-state index in [-0.39, 0.29) is 11.6 Å². The van der Waals surface area contributed by atoms with Crippen molar-refractivity contribution < 1.29 is 22.3 Å². The van der Waals surface area contributed by atoms with Crippen molar-refractivity contribution in [1.29, 1.82) is 0 Å². The molecule has 4 rings (SSSR count). The van der Waals surface area contributed by atoms with Crippen LogP contribution in [-0.4, -0.2) is 15.9 Å². The lowest BCUT2D eigenvalue weighted by Crippen LogP contribution is -2.16. The molecule has 0 spiro atoms. The van der Waals surface area contributed by atoms with Gasteiger partial charge < -0.3 is 4.74 Å². The summed E-state index contributed by atoms with van der Waals surface area (Å²) in [6, 6.07) is 21.5. The minimum Gasteiger partial charge on any atom is -0.406 e. The number of aromatic nitrogens is 2. The molecule has 0 N–H and O–H groups in total. The Hall–Kier alpha value is -3.26. The van der Waals surface area contributed by atoms with Gasteiger partial charge in [0.2, 0.25) is 0 Å². The van der Waals surface area contributed by atoms with E-state index in [1.165, 1.54) is 36.0 Å². The molecule has 31 heavy (non-hydrogen) atoms. The topological polar surface area (TPSA) is 27.1 Å². The van der Waals surface area contributed by atoms with Crippen molar-refractivity contribution >= 4 is 11.8 Å². The van der Waals surface area contributed by atoms with Crippen LogP contribution in [0.1, 0.15) is 5.56 Å². The average Bonchev–Trinajstić information content (AvgIpc) is 3.17. The van der Waals surface area contributed by atoms with Crippen molar-refractivity contribution in [2.75, 3.05) is 0 Å². The van der Waals surface area contributed by atoms with Gasteiger partial charge in [-0.2, -0.15) is 0 Å². The fourth-order valence-electron chi connectivity index (χ4n) is 2.96. The summed E-state index contributed by atoms with van der Waals surface area (Å²) in [7, 11) is 0. The molecule has 1 aromatic heterocycles. The quantitative estimate of drug-likeness (QED) is 0.240. The highest BCUT2D eigenvalue weighted by Crippen LogP contribution is 2.30. The van der Waals surface area contributed by atoms with Crippen LogP contribution in [0.25, 0.3) is 16.9 Å². The van der Waals surface area contributed by atoms with Gasteiger partial charge in [-0.1, -0.05) is 60.3 Å².